The lowest BCUT2D eigenvalue weighted by atomic mass is 10.2. The lowest BCUT2D eigenvalue weighted by Crippen LogP contribution is -2.26. The van der Waals surface area contributed by atoms with Crippen molar-refractivity contribution in [3.05, 3.63) is 89.3 Å². The van der Waals surface area contributed by atoms with E-state index in [9.17, 15) is 9.59 Å². The second kappa shape index (κ2) is 10.7. The van der Waals surface area contributed by atoms with Crippen LogP contribution in [0.4, 0.5) is 5.82 Å². The van der Waals surface area contributed by atoms with E-state index < -0.39 is 0 Å². The molecule has 0 saturated heterocycles. The average molecular weight is 484 g/mol. The zero-order valence-electron chi connectivity index (χ0n) is 19.5. The van der Waals surface area contributed by atoms with Gasteiger partial charge in [0.2, 0.25) is 17.6 Å². The SMILES string of the molecule is O=C(CCc1nc(-c2cccc(-n3cccc3)c2)no1)NCCCNc1n[nH]c(=O)c2ccccc12. The number of rotatable bonds is 10. The number of anilines is 1. The van der Waals surface area contributed by atoms with Crippen LogP contribution in [0.1, 0.15) is 18.7 Å². The first-order chi connectivity index (χ1) is 17.7. The summed E-state index contributed by atoms with van der Waals surface area (Å²) in [6.07, 6.45) is 5.26. The van der Waals surface area contributed by atoms with Crippen molar-refractivity contribution in [3.8, 4) is 17.1 Å². The van der Waals surface area contributed by atoms with Crippen LogP contribution in [-0.2, 0) is 11.2 Å². The standard InChI is InChI=1S/C26H25N7O3/c34-22(27-13-6-14-28-25-20-9-1-2-10-21(20)26(35)31-30-25)11-12-23-29-24(32-36-23)18-7-5-8-19(17-18)33-15-3-4-16-33/h1-5,7-10,15-17H,6,11-14H2,(H,27,34)(H,28,30)(H,31,35). The van der Waals surface area contributed by atoms with Crippen molar-refractivity contribution in [1.29, 1.82) is 0 Å². The van der Waals surface area contributed by atoms with E-state index in [0.29, 0.717) is 48.9 Å². The van der Waals surface area contributed by atoms with Crippen LogP contribution >= 0.6 is 0 Å². The zero-order valence-corrected chi connectivity index (χ0v) is 19.5. The predicted octanol–water partition coefficient (Wildman–Crippen LogP) is 3.31. The Morgan fingerprint density at radius 1 is 1.00 bits per heavy atom. The molecule has 3 N–H and O–H groups in total. The average Bonchev–Trinajstić information content (AvgIpc) is 3.62. The van der Waals surface area contributed by atoms with Crippen LogP contribution in [-0.4, -0.2) is 43.9 Å². The Bertz CT molecular complexity index is 1520. The van der Waals surface area contributed by atoms with Gasteiger partial charge in [0.25, 0.3) is 5.56 Å². The molecule has 0 aliphatic heterocycles. The van der Waals surface area contributed by atoms with Gasteiger partial charge in [0.1, 0.15) is 0 Å². The molecule has 182 valence electrons. The number of aryl methyl sites for hydroxylation is 1. The van der Waals surface area contributed by atoms with Gasteiger partial charge in [-0.15, -0.1) is 0 Å². The topological polar surface area (TPSA) is 131 Å². The third kappa shape index (κ3) is 5.33. The molecule has 3 heterocycles. The number of H-pyrrole nitrogens is 1. The van der Waals surface area contributed by atoms with Crippen molar-refractivity contribution in [1.82, 2.24) is 30.2 Å². The van der Waals surface area contributed by atoms with Gasteiger partial charge >= 0.3 is 0 Å². The first-order valence-corrected chi connectivity index (χ1v) is 11.7. The van der Waals surface area contributed by atoms with E-state index in [1.165, 1.54) is 0 Å². The van der Waals surface area contributed by atoms with Gasteiger partial charge in [0.05, 0.1) is 5.39 Å². The van der Waals surface area contributed by atoms with Crippen molar-refractivity contribution in [2.24, 2.45) is 0 Å². The summed E-state index contributed by atoms with van der Waals surface area (Å²) in [6, 6.07) is 19.1. The van der Waals surface area contributed by atoms with Crippen molar-refractivity contribution in [2.75, 3.05) is 18.4 Å². The van der Waals surface area contributed by atoms with Gasteiger partial charge in [-0.3, -0.25) is 9.59 Å². The van der Waals surface area contributed by atoms with Crippen molar-refractivity contribution in [2.45, 2.75) is 19.3 Å². The number of nitrogens with one attached hydrogen (secondary N) is 3. The first kappa shape index (κ1) is 23.0. The van der Waals surface area contributed by atoms with Crippen LogP contribution in [0.5, 0.6) is 0 Å². The minimum absolute atomic E-state index is 0.0861. The third-order valence-corrected chi connectivity index (χ3v) is 5.71. The summed E-state index contributed by atoms with van der Waals surface area (Å²) in [7, 11) is 0. The fraction of sp³-hybridized carbons (Fsp3) is 0.192. The molecular formula is C26H25N7O3. The number of hydrogen-bond acceptors (Lipinski definition) is 7. The number of benzene rings is 2. The highest BCUT2D eigenvalue weighted by Crippen LogP contribution is 2.20. The Labute approximate surface area is 206 Å². The number of aromatic nitrogens is 5. The highest BCUT2D eigenvalue weighted by Gasteiger charge is 2.12. The summed E-state index contributed by atoms with van der Waals surface area (Å²) in [6.45, 7) is 1.10. The normalized spacial score (nSPS) is 11.0. The van der Waals surface area contributed by atoms with Gasteiger partial charge in [-0.05, 0) is 36.8 Å². The predicted molar refractivity (Wildman–Crippen MR) is 136 cm³/mol. The maximum absolute atomic E-state index is 12.2. The lowest BCUT2D eigenvalue weighted by Gasteiger charge is -2.08. The number of carbonyl (C=O) groups is 1. The lowest BCUT2D eigenvalue weighted by molar-refractivity contribution is -0.121. The fourth-order valence-electron chi connectivity index (χ4n) is 3.87. The molecule has 0 spiro atoms. The van der Waals surface area contributed by atoms with Crippen molar-refractivity contribution in [3.63, 3.8) is 0 Å². The Kier molecular flexibility index (Phi) is 6.83. The highest BCUT2D eigenvalue weighted by molar-refractivity contribution is 5.90. The first-order valence-electron chi connectivity index (χ1n) is 11.7. The van der Waals surface area contributed by atoms with E-state index in [0.717, 1.165) is 16.6 Å². The third-order valence-electron chi connectivity index (χ3n) is 5.71. The molecule has 0 radical (unpaired) electrons. The number of aromatic amines is 1. The molecule has 0 atom stereocenters. The van der Waals surface area contributed by atoms with E-state index in [1.807, 2.05) is 71.6 Å². The maximum Gasteiger partial charge on any atom is 0.272 e. The van der Waals surface area contributed by atoms with Crippen LogP contribution in [0.15, 0.2) is 82.4 Å². The fourth-order valence-corrected chi connectivity index (χ4v) is 3.87. The molecule has 0 unspecified atom stereocenters. The number of amides is 1. The van der Waals surface area contributed by atoms with Crippen LogP contribution in [0.2, 0.25) is 0 Å². The van der Waals surface area contributed by atoms with Crippen LogP contribution in [0, 0.1) is 0 Å². The summed E-state index contributed by atoms with van der Waals surface area (Å²) in [4.78, 5) is 28.5. The monoisotopic (exact) mass is 483 g/mol. The number of nitrogens with zero attached hydrogens (tertiary/aromatic N) is 4. The number of hydrogen-bond donors (Lipinski definition) is 3. The van der Waals surface area contributed by atoms with Gasteiger partial charge < -0.3 is 19.7 Å². The number of carbonyl (C=O) groups excluding carboxylic acids is 1. The Morgan fingerprint density at radius 2 is 1.83 bits per heavy atom. The number of fused-ring (bicyclic) bond motifs is 1. The molecule has 0 fully saturated rings. The van der Waals surface area contributed by atoms with E-state index in [2.05, 4.69) is 31.0 Å². The molecule has 5 rings (SSSR count). The summed E-state index contributed by atoms with van der Waals surface area (Å²) >= 11 is 0. The molecule has 36 heavy (non-hydrogen) atoms. The molecule has 10 nitrogen and oxygen atoms in total. The Hall–Kier alpha value is -4.73. The summed E-state index contributed by atoms with van der Waals surface area (Å²) in [5, 5.41) is 18.1. The van der Waals surface area contributed by atoms with Gasteiger partial charge in [-0.25, -0.2) is 5.10 Å². The van der Waals surface area contributed by atoms with E-state index >= 15 is 0 Å². The minimum atomic E-state index is -0.220. The summed E-state index contributed by atoms with van der Waals surface area (Å²) < 4.78 is 7.35. The van der Waals surface area contributed by atoms with Gasteiger partial charge in [-0.2, -0.15) is 10.1 Å². The second-order valence-corrected chi connectivity index (χ2v) is 8.23. The molecule has 0 aliphatic carbocycles. The van der Waals surface area contributed by atoms with E-state index in [1.54, 1.807) is 6.07 Å². The maximum atomic E-state index is 12.2. The second-order valence-electron chi connectivity index (χ2n) is 8.23. The quantitative estimate of drug-likeness (QED) is 0.260. The molecule has 0 bridgehead atoms. The highest BCUT2D eigenvalue weighted by atomic mass is 16.5. The molecule has 0 aliphatic rings. The summed E-state index contributed by atoms with van der Waals surface area (Å²) in [5.74, 6) is 1.44. The van der Waals surface area contributed by atoms with Crippen LogP contribution < -0.4 is 16.2 Å². The molecule has 5 aromatic rings. The molecule has 10 heteroatoms. The van der Waals surface area contributed by atoms with E-state index in [4.69, 9.17) is 4.52 Å². The summed E-state index contributed by atoms with van der Waals surface area (Å²) in [5.41, 5.74) is 1.63. The van der Waals surface area contributed by atoms with E-state index in [-0.39, 0.29) is 17.9 Å². The van der Waals surface area contributed by atoms with Crippen molar-refractivity contribution < 1.29 is 9.32 Å². The minimum Gasteiger partial charge on any atom is -0.368 e. The van der Waals surface area contributed by atoms with Crippen LogP contribution in [0.3, 0.4) is 0 Å². The molecule has 2 aromatic carbocycles. The molecular weight excluding hydrogens is 458 g/mol. The smallest absolute Gasteiger partial charge is 0.272 e. The van der Waals surface area contributed by atoms with Gasteiger partial charge in [0.15, 0.2) is 5.82 Å². The Balaban J connectivity index is 1.06. The molecule has 1 amide bonds. The largest absolute Gasteiger partial charge is 0.368 e. The van der Waals surface area contributed by atoms with Gasteiger partial charge in [-0.1, -0.05) is 35.5 Å². The zero-order chi connectivity index (χ0) is 24.7. The molecule has 3 aromatic heterocycles. The van der Waals surface area contributed by atoms with Crippen LogP contribution in [0.25, 0.3) is 27.8 Å². The molecule has 0 saturated carbocycles. The van der Waals surface area contributed by atoms with Gasteiger partial charge in [0, 0.05) is 55.0 Å². The van der Waals surface area contributed by atoms with Crippen molar-refractivity contribution >= 4 is 22.5 Å². The Morgan fingerprint density at radius 3 is 2.69 bits per heavy atom.